The maximum absolute atomic E-state index is 13.2. The summed E-state index contributed by atoms with van der Waals surface area (Å²) in [5.41, 5.74) is 9.52. The van der Waals surface area contributed by atoms with Crippen molar-refractivity contribution in [1.82, 2.24) is 0 Å². The van der Waals surface area contributed by atoms with E-state index in [1.807, 2.05) is 78.9 Å². The van der Waals surface area contributed by atoms with E-state index in [0.717, 1.165) is 16.9 Å². The molecule has 0 saturated heterocycles. The molecule has 7 heteroatoms. The first-order valence-corrected chi connectivity index (χ1v) is 11.5. The number of nitrogens with two attached hydrogens (primary N) is 1. The Morgan fingerprint density at radius 3 is 2.17 bits per heavy atom. The van der Waals surface area contributed by atoms with E-state index in [4.69, 9.17) is 10.5 Å². The number of rotatable bonds is 6. The van der Waals surface area contributed by atoms with Gasteiger partial charge in [-0.2, -0.15) is 0 Å². The summed E-state index contributed by atoms with van der Waals surface area (Å²) in [5, 5.41) is 2.84. The van der Waals surface area contributed by atoms with Crippen LogP contribution in [-0.4, -0.2) is 30.2 Å². The second-order valence-corrected chi connectivity index (χ2v) is 8.22. The Balaban J connectivity index is 1.34. The summed E-state index contributed by atoms with van der Waals surface area (Å²) >= 11 is 0. The second kappa shape index (κ2) is 10.2. The first kappa shape index (κ1) is 23.0. The third-order valence-electron chi connectivity index (χ3n) is 5.70. The summed E-state index contributed by atoms with van der Waals surface area (Å²) in [6, 6.07) is 33.4. The van der Waals surface area contributed by atoms with Crippen molar-refractivity contribution in [3.05, 3.63) is 120 Å². The van der Waals surface area contributed by atoms with Gasteiger partial charge in [0.25, 0.3) is 5.91 Å². The number of fused-ring (bicyclic) bond motifs is 1. The first-order valence-electron chi connectivity index (χ1n) is 11.5. The quantitative estimate of drug-likeness (QED) is 0.426. The number of amides is 2. The van der Waals surface area contributed by atoms with Crippen molar-refractivity contribution < 1.29 is 14.3 Å². The van der Waals surface area contributed by atoms with Crippen LogP contribution in [0.4, 0.5) is 11.4 Å². The van der Waals surface area contributed by atoms with E-state index in [0.29, 0.717) is 22.8 Å². The van der Waals surface area contributed by atoms with Crippen LogP contribution in [0.25, 0.3) is 0 Å². The molecule has 1 aliphatic rings. The standard InChI is InChI=1S/C29H24N4O3/c30-28-29(35)33(25-14-8-7-13-24(25)27(32-28)20-9-3-1-4-10-20)19-26(34)31-21-15-17-23(18-16-21)36-22-11-5-2-6-12-22/h1-18,28H,19,30H2,(H,31,34). The lowest BCUT2D eigenvalue weighted by molar-refractivity contribution is -0.122. The molecule has 3 N–H and O–H groups in total. The van der Waals surface area contributed by atoms with Gasteiger partial charge in [0.15, 0.2) is 6.17 Å². The molecule has 0 bridgehead atoms. The van der Waals surface area contributed by atoms with Crippen molar-refractivity contribution >= 4 is 28.9 Å². The van der Waals surface area contributed by atoms with E-state index in [-0.39, 0.29) is 12.5 Å². The minimum Gasteiger partial charge on any atom is -0.457 e. The van der Waals surface area contributed by atoms with E-state index in [1.165, 1.54) is 4.90 Å². The van der Waals surface area contributed by atoms with Crippen LogP contribution < -0.4 is 20.7 Å². The van der Waals surface area contributed by atoms with Crippen LogP contribution in [0.1, 0.15) is 11.1 Å². The number of nitrogens with zero attached hydrogens (tertiary/aromatic N) is 2. The van der Waals surface area contributed by atoms with Crippen LogP contribution in [-0.2, 0) is 9.59 Å². The number of para-hydroxylation sites is 2. The lowest BCUT2D eigenvalue weighted by Crippen LogP contribution is -2.45. The zero-order valence-corrected chi connectivity index (χ0v) is 19.4. The van der Waals surface area contributed by atoms with E-state index in [1.54, 1.807) is 30.3 Å². The lowest BCUT2D eigenvalue weighted by Gasteiger charge is -2.23. The topological polar surface area (TPSA) is 97.0 Å². The fourth-order valence-electron chi connectivity index (χ4n) is 4.02. The minimum absolute atomic E-state index is 0.205. The number of benzodiazepines with no additional fused rings is 1. The number of hydrogen-bond donors (Lipinski definition) is 2. The highest BCUT2D eigenvalue weighted by atomic mass is 16.5. The molecule has 0 aliphatic carbocycles. The molecular weight excluding hydrogens is 452 g/mol. The third-order valence-corrected chi connectivity index (χ3v) is 5.70. The predicted octanol–water partition coefficient (Wildman–Crippen LogP) is 4.59. The van der Waals surface area contributed by atoms with Gasteiger partial charge >= 0.3 is 0 Å². The molecule has 4 aromatic carbocycles. The first-order chi connectivity index (χ1) is 17.6. The zero-order chi connectivity index (χ0) is 24.9. The van der Waals surface area contributed by atoms with Crippen molar-refractivity contribution in [3.8, 4) is 11.5 Å². The fraction of sp³-hybridized carbons (Fsp3) is 0.0690. The van der Waals surface area contributed by atoms with Gasteiger partial charge in [0.2, 0.25) is 5.91 Å². The number of ether oxygens (including phenoxy) is 1. The Kier molecular flexibility index (Phi) is 6.55. The van der Waals surface area contributed by atoms with Crippen LogP contribution in [0.2, 0.25) is 0 Å². The molecule has 1 atom stereocenters. The summed E-state index contributed by atoms with van der Waals surface area (Å²) in [5.74, 6) is 0.564. The molecule has 2 amide bonds. The summed E-state index contributed by atoms with van der Waals surface area (Å²) < 4.78 is 5.79. The smallest absolute Gasteiger partial charge is 0.266 e. The van der Waals surface area contributed by atoms with Gasteiger partial charge in [0, 0.05) is 16.8 Å². The normalized spacial score (nSPS) is 14.9. The summed E-state index contributed by atoms with van der Waals surface area (Å²) in [6.07, 6.45) is -1.13. The highest BCUT2D eigenvalue weighted by Crippen LogP contribution is 2.28. The Morgan fingerprint density at radius 2 is 1.44 bits per heavy atom. The molecule has 1 unspecified atom stereocenters. The van der Waals surface area contributed by atoms with E-state index < -0.39 is 12.1 Å². The maximum Gasteiger partial charge on any atom is 0.266 e. The molecule has 1 aliphatic heterocycles. The van der Waals surface area contributed by atoms with Gasteiger partial charge in [-0.25, -0.2) is 0 Å². The molecule has 1 heterocycles. The highest BCUT2D eigenvalue weighted by molar-refractivity contribution is 6.20. The summed E-state index contributed by atoms with van der Waals surface area (Å²) in [6.45, 7) is -0.205. The van der Waals surface area contributed by atoms with Crippen LogP contribution in [0.15, 0.2) is 114 Å². The molecule has 0 saturated carbocycles. The lowest BCUT2D eigenvalue weighted by atomic mass is 10.0. The molecule has 36 heavy (non-hydrogen) atoms. The molecule has 5 rings (SSSR count). The number of carbonyl (C=O) groups excluding carboxylic acids is 2. The van der Waals surface area contributed by atoms with Gasteiger partial charge in [-0.05, 0) is 42.5 Å². The van der Waals surface area contributed by atoms with E-state index >= 15 is 0 Å². The van der Waals surface area contributed by atoms with E-state index in [2.05, 4.69) is 10.3 Å². The molecule has 178 valence electrons. The predicted molar refractivity (Wildman–Crippen MR) is 140 cm³/mol. The zero-order valence-electron chi connectivity index (χ0n) is 19.4. The number of carbonyl (C=O) groups is 2. The molecule has 0 fully saturated rings. The highest BCUT2D eigenvalue weighted by Gasteiger charge is 2.31. The molecule has 0 spiro atoms. The van der Waals surface area contributed by atoms with Gasteiger partial charge < -0.3 is 15.8 Å². The van der Waals surface area contributed by atoms with Crippen molar-refractivity contribution in [2.75, 3.05) is 16.8 Å². The Bertz CT molecular complexity index is 1400. The van der Waals surface area contributed by atoms with E-state index in [9.17, 15) is 9.59 Å². The average molecular weight is 477 g/mol. The number of benzene rings is 4. The Morgan fingerprint density at radius 1 is 0.833 bits per heavy atom. The van der Waals surface area contributed by atoms with Gasteiger partial charge in [-0.15, -0.1) is 0 Å². The Labute approximate surface area is 208 Å². The number of nitrogens with one attached hydrogen (secondary N) is 1. The average Bonchev–Trinajstić information content (AvgIpc) is 3.01. The Hall–Kier alpha value is -4.75. The number of hydrogen-bond acceptors (Lipinski definition) is 5. The molecular formula is C29H24N4O3. The molecule has 7 nitrogen and oxygen atoms in total. The molecule has 0 aromatic heterocycles. The largest absolute Gasteiger partial charge is 0.457 e. The van der Waals surface area contributed by atoms with Crippen LogP contribution in [0, 0.1) is 0 Å². The van der Waals surface area contributed by atoms with Crippen molar-refractivity contribution in [2.45, 2.75) is 6.17 Å². The third kappa shape index (κ3) is 5.01. The SMILES string of the molecule is NC1N=C(c2ccccc2)c2ccccc2N(CC(=O)Nc2ccc(Oc3ccccc3)cc2)C1=O. The summed E-state index contributed by atoms with van der Waals surface area (Å²) in [7, 11) is 0. The minimum atomic E-state index is -1.13. The summed E-state index contributed by atoms with van der Waals surface area (Å²) in [4.78, 5) is 32.1. The van der Waals surface area contributed by atoms with Gasteiger partial charge in [0.05, 0.1) is 11.4 Å². The second-order valence-electron chi connectivity index (χ2n) is 8.22. The van der Waals surface area contributed by atoms with Crippen molar-refractivity contribution in [3.63, 3.8) is 0 Å². The monoisotopic (exact) mass is 476 g/mol. The molecule has 4 aromatic rings. The van der Waals surface area contributed by atoms with Crippen LogP contribution >= 0.6 is 0 Å². The van der Waals surface area contributed by atoms with Gasteiger partial charge in [-0.1, -0.05) is 66.7 Å². The number of anilines is 2. The van der Waals surface area contributed by atoms with Crippen LogP contribution in [0.3, 0.4) is 0 Å². The van der Waals surface area contributed by atoms with Crippen LogP contribution in [0.5, 0.6) is 11.5 Å². The van der Waals surface area contributed by atoms with Gasteiger partial charge in [0.1, 0.15) is 18.0 Å². The fourth-order valence-corrected chi connectivity index (χ4v) is 4.02. The maximum atomic E-state index is 13.2. The molecule has 0 radical (unpaired) electrons. The van der Waals surface area contributed by atoms with Gasteiger partial charge in [-0.3, -0.25) is 19.5 Å². The number of aliphatic imine (C=N–C) groups is 1. The van der Waals surface area contributed by atoms with Crippen molar-refractivity contribution in [1.29, 1.82) is 0 Å². The van der Waals surface area contributed by atoms with Crippen molar-refractivity contribution in [2.24, 2.45) is 10.7 Å².